The first-order chi connectivity index (χ1) is 8.24. The minimum absolute atomic E-state index is 0.0788. The molecule has 0 amide bonds. The zero-order chi connectivity index (χ0) is 13.9. The lowest BCUT2D eigenvalue weighted by Crippen LogP contribution is -2.40. The Balaban J connectivity index is 2.83. The van der Waals surface area contributed by atoms with Crippen molar-refractivity contribution in [2.45, 2.75) is 24.8 Å². The molecule has 1 rings (SSSR count). The molecule has 1 atom stereocenters. The molecule has 102 valence electrons. The largest absolute Gasteiger partial charge is 0.326 e. The first kappa shape index (κ1) is 15.4. The standard InChI is InChI=1S/C11H16ClFN2O2S/c1-7(2)11(14)6-15-18(16,17)8-3-4-10(13)9(12)5-8/h3-5,7,11,15H,6,14H2,1-2H3. The third-order valence-electron chi connectivity index (χ3n) is 2.57. The first-order valence-electron chi connectivity index (χ1n) is 5.44. The number of benzene rings is 1. The molecule has 0 fully saturated rings. The minimum Gasteiger partial charge on any atom is -0.326 e. The molecule has 1 aromatic carbocycles. The fourth-order valence-electron chi connectivity index (χ4n) is 1.17. The van der Waals surface area contributed by atoms with Crippen LogP contribution in [-0.4, -0.2) is 21.0 Å². The summed E-state index contributed by atoms with van der Waals surface area (Å²) < 4.78 is 39.1. The molecular weight excluding hydrogens is 279 g/mol. The first-order valence-corrected chi connectivity index (χ1v) is 7.30. The normalized spacial score (nSPS) is 13.9. The molecule has 0 aliphatic rings. The van der Waals surface area contributed by atoms with Crippen molar-refractivity contribution in [3.63, 3.8) is 0 Å². The van der Waals surface area contributed by atoms with Crippen molar-refractivity contribution in [3.05, 3.63) is 29.0 Å². The molecule has 18 heavy (non-hydrogen) atoms. The van der Waals surface area contributed by atoms with Crippen molar-refractivity contribution in [2.75, 3.05) is 6.54 Å². The van der Waals surface area contributed by atoms with Gasteiger partial charge in [-0.05, 0) is 24.1 Å². The van der Waals surface area contributed by atoms with E-state index in [9.17, 15) is 12.8 Å². The van der Waals surface area contributed by atoms with Crippen LogP contribution in [0.15, 0.2) is 23.1 Å². The van der Waals surface area contributed by atoms with E-state index in [4.69, 9.17) is 17.3 Å². The quantitative estimate of drug-likeness (QED) is 0.869. The molecule has 1 aromatic rings. The summed E-state index contributed by atoms with van der Waals surface area (Å²) in [7, 11) is -3.71. The van der Waals surface area contributed by atoms with Gasteiger partial charge in [0, 0.05) is 12.6 Å². The summed E-state index contributed by atoms with van der Waals surface area (Å²) in [5.74, 6) is -0.501. The molecule has 0 heterocycles. The van der Waals surface area contributed by atoms with Crippen molar-refractivity contribution in [3.8, 4) is 0 Å². The summed E-state index contributed by atoms with van der Waals surface area (Å²) in [6.45, 7) is 3.91. The SMILES string of the molecule is CC(C)C(N)CNS(=O)(=O)c1ccc(F)c(Cl)c1. The van der Waals surface area contributed by atoms with E-state index in [1.165, 1.54) is 0 Å². The third kappa shape index (κ3) is 3.91. The van der Waals surface area contributed by atoms with E-state index < -0.39 is 15.8 Å². The van der Waals surface area contributed by atoms with Crippen LogP contribution in [0.25, 0.3) is 0 Å². The van der Waals surface area contributed by atoms with Gasteiger partial charge < -0.3 is 5.73 Å². The van der Waals surface area contributed by atoms with Crippen molar-refractivity contribution < 1.29 is 12.8 Å². The summed E-state index contributed by atoms with van der Waals surface area (Å²) in [4.78, 5) is -0.0788. The van der Waals surface area contributed by atoms with Crippen LogP contribution < -0.4 is 10.5 Å². The number of sulfonamides is 1. The lowest BCUT2D eigenvalue weighted by Gasteiger charge is -2.16. The highest BCUT2D eigenvalue weighted by Gasteiger charge is 2.17. The highest BCUT2D eigenvalue weighted by atomic mass is 35.5. The second-order valence-corrected chi connectivity index (χ2v) is 6.51. The van der Waals surface area contributed by atoms with Gasteiger partial charge in [0.2, 0.25) is 10.0 Å². The van der Waals surface area contributed by atoms with E-state index in [0.717, 1.165) is 18.2 Å². The van der Waals surface area contributed by atoms with E-state index >= 15 is 0 Å². The molecule has 0 saturated heterocycles. The smallest absolute Gasteiger partial charge is 0.240 e. The van der Waals surface area contributed by atoms with Gasteiger partial charge in [-0.15, -0.1) is 0 Å². The molecule has 7 heteroatoms. The maximum Gasteiger partial charge on any atom is 0.240 e. The number of rotatable bonds is 5. The number of hydrogen-bond donors (Lipinski definition) is 2. The van der Waals surface area contributed by atoms with Crippen LogP contribution in [0.2, 0.25) is 5.02 Å². The van der Waals surface area contributed by atoms with Crippen LogP contribution >= 0.6 is 11.6 Å². The summed E-state index contributed by atoms with van der Waals surface area (Å²) in [5.41, 5.74) is 5.74. The van der Waals surface area contributed by atoms with Gasteiger partial charge >= 0.3 is 0 Å². The Kier molecular flexibility index (Phi) is 5.10. The lowest BCUT2D eigenvalue weighted by atomic mass is 10.1. The van der Waals surface area contributed by atoms with E-state index in [1.54, 1.807) is 0 Å². The molecule has 0 aromatic heterocycles. The molecule has 3 N–H and O–H groups in total. The molecule has 0 aliphatic carbocycles. The molecule has 0 radical (unpaired) electrons. The maximum atomic E-state index is 12.9. The van der Waals surface area contributed by atoms with E-state index in [-0.39, 0.29) is 28.4 Å². The lowest BCUT2D eigenvalue weighted by molar-refractivity contribution is 0.481. The van der Waals surface area contributed by atoms with Crippen molar-refractivity contribution in [2.24, 2.45) is 11.7 Å². The van der Waals surface area contributed by atoms with Crippen LogP contribution in [-0.2, 0) is 10.0 Å². The number of nitrogens with one attached hydrogen (secondary N) is 1. The molecule has 0 saturated carbocycles. The maximum absolute atomic E-state index is 12.9. The number of hydrogen-bond acceptors (Lipinski definition) is 3. The minimum atomic E-state index is -3.71. The fraction of sp³-hybridized carbons (Fsp3) is 0.455. The van der Waals surface area contributed by atoms with Gasteiger partial charge in [0.25, 0.3) is 0 Å². The summed E-state index contributed by atoms with van der Waals surface area (Å²) in [6, 6.07) is 2.96. The van der Waals surface area contributed by atoms with Gasteiger partial charge in [-0.2, -0.15) is 0 Å². The monoisotopic (exact) mass is 294 g/mol. The van der Waals surface area contributed by atoms with Crippen LogP contribution in [0.4, 0.5) is 4.39 Å². The van der Waals surface area contributed by atoms with Gasteiger partial charge in [0.15, 0.2) is 0 Å². The topological polar surface area (TPSA) is 72.2 Å². The predicted octanol–water partition coefficient (Wildman–Crippen LogP) is 1.74. The third-order valence-corrected chi connectivity index (χ3v) is 4.28. The molecule has 0 bridgehead atoms. The molecular formula is C11H16ClFN2O2S. The van der Waals surface area contributed by atoms with Crippen LogP contribution in [0.3, 0.4) is 0 Å². The van der Waals surface area contributed by atoms with E-state index in [2.05, 4.69) is 4.72 Å². The zero-order valence-corrected chi connectivity index (χ0v) is 11.7. The Morgan fingerprint density at radius 2 is 2.06 bits per heavy atom. The highest BCUT2D eigenvalue weighted by molar-refractivity contribution is 7.89. The molecule has 0 aliphatic heterocycles. The average molecular weight is 295 g/mol. The Morgan fingerprint density at radius 3 is 2.56 bits per heavy atom. The van der Waals surface area contributed by atoms with Gasteiger partial charge in [-0.1, -0.05) is 25.4 Å². The number of nitrogens with two attached hydrogens (primary N) is 1. The summed E-state index contributed by atoms with van der Waals surface area (Å²) in [6.07, 6.45) is 0. The van der Waals surface area contributed by atoms with E-state index in [1.807, 2.05) is 13.8 Å². The van der Waals surface area contributed by atoms with Crippen molar-refractivity contribution in [1.29, 1.82) is 0 Å². The van der Waals surface area contributed by atoms with Gasteiger partial charge in [0.1, 0.15) is 5.82 Å². The Bertz CT molecular complexity index is 520. The Labute approximate surface area is 111 Å². The fourth-order valence-corrected chi connectivity index (χ4v) is 2.51. The second-order valence-electron chi connectivity index (χ2n) is 4.34. The molecule has 4 nitrogen and oxygen atoms in total. The Hall–Kier alpha value is -0.690. The van der Waals surface area contributed by atoms with Crippen LogP contribution in [0.5, 0.6) is 0 Å². The summed E-state index contributed by atoms with van der Waals surface area (Å²) in [5, 5.41) is -0.231. The zero-order valence-electron chi connectivity index (χ0n) is 10.2. The van der Waals surface area contributed by atoms with Crippen molar-refractivity contribution in [1.82, 2.24) is 4.72 Å². The number of halogens is 2. The highest BCUT2D eigenvalue weighted by Crippen LogP contribution is 2.19. The summed E-state index contributed by atoms with van der Waals surface area (Å²) >= 11 is 5.54. The van der Waals surface area contributed by atoms with Gasteiger partial charge in [-0.25, -0.2) is 17.5 Å². The van der Waals surface area contributed by atoms with Gasteiger partial charge in [-0.3, -0.25) is 0 Å². The van der Waals surface area contributed by atoms with Crippen LogP contribution in [0, 0.1) is 11.7 Å². The van der Waals surface area contributed by atoms with Crippen molar-refractivity contribution >= 4 is 21.6 Å². The molecule has 1 unspecified atom stereocenters. The second kappa shape index (κ2) is 5.97. The average Bonchev–Trinajstić information content (AvgIpc) is 2.29. The van der Waals surface area contributed by atoms with Gasteiger partial charge in [0.05, 0.1) is 9.92 Å². The molecule has 0 spiro atoms. The Morgan fingerprint density at radius 1 is 1.44 bits per heavy atom. The predicted molar refractivity (Wildman–Crippen MR) is 69.4 cm³/mol. The van der Waals surface area contributed by atoms with E-state index in [0.29, 0.717) is 0 Å². The van der Waals surface area contributed by atoms with Crippen LogP contribution in [0.1, 0.15) is 13.8 Å².